The first-order valence-electron chi connectivity index (χ1n) is 13.6. The highest BCUT2D eigenvalue weighted by atomic mass is 19.4. The van der Waals surface area contributed by atoms with E-state index < -0.39 is 22.8 Å². The number of likely N-dealkylation sites (tertiary alicyclic amines) is 1. The Morgan fingerprint density at radius 2 is 1.79 bits per heavy atom. The molecule has 204 valence electrons. The van der Waals surface area contributed by atoms with E-state index in [1.54, 1.807) is 4.90 Å². The number of piperidine rings is 1. The number of aromatic nitrogens is 1. The summed E-state index contributed by atoms with van der Waals surface area (Å²) in [6, 6.07) is 7.00. The van der Waals surface area contributed by atoms with Crippen LogP contribution in [-0.4, -0.2) is 46.4 Å². The molecule has 6 rings (SSSR count). The van der Waals surface area contributed by atoms with E-state index >= 15 is 4.39 Å². The van der Waals surface area contributed by atoms with Crippen LogP contribution in [0, 0.1) is 17.2 Å². The molecular formula is C29H32F5N3O. The van der Waals surface area contributed by atoms with Gasteiger partial charge in [-0.3, -0.25) is 9.78 Å². The van der Waals surface area contributed by atoms with Crippen molar-refractivity contribution in [2.24, 2.45) is 11.3 Å². The van der Waals surface area contributed by atoms with Gasteiger partial charge in [0.15, 0.2) is 0 Å². The number of fused-ring (bicyclic) bond motifs is 2. The van der Waals surface area contributed by atoms with E-state index in [1.807, 2.05) is 0 Å². The molecule has 0 bridgehead atoms. The van der Waals surface area contributed by atoms with Gasteiger partial charge in [-0.15, -0.1) is 0 Å². The van der Waals surface area contributed by atoms with Gasteiger partial charge in [0.05, 0.1) is 11.0 Å². The van der Waals surface area contributed by atoms with Crippen LogP contribution < -0.4 is 0 Å². The van der Waals surface area contributed by atoms with Crippen LogP contribution in [0.1, 0.15) is 67.3 Å². The monoisotopic (exact) mass is 533 g/mol. The Kier molecular flexibility index (Phi) is 6.28. The molecule has 3 atom stereocenters. The number of carbonyl (C=O) groups excluding carboxylic acids is 1. The van der Waals surface area contributed by atoms with Crippen LogP contribution in [0.25, 0.3) is 0 Å². The van der Waals surface area contributed by atoms with Crippen molar-refractivity contribution in [3.63, 3.8) is 0 Å². The first-order chi connectivity index (χ1) is 18.1. The Morgan fingerprint density at radius 1 is 1.05 bits per heavy atom. The lowest BCUT2D eigenvalue weighted by molar-refractivity contribution is -0.144. The molecule has 2 aliphatic heterocycles. The van der Waals surface area contributed by atoms with Gasteiger partial charge in [-0.05, 0) is 73.8 Å². The van der Waals surface area contributed by atoms with Gasteiger partial charge >= 0.3 is 6.18 Å². The van der Waals surface area contributed by atoms with E-state index in [0.717, 1.165) is 44.4 Å². The summed E-state index contributed by atoms with van der Waals surface area (Å²) in [4.78, 5) is 22.1. The average molecular weight is 534 g/mol. The molecule has 0 unspecified atom stereocenters. The first-order valence-corrected chi connectivity index (χ1v) is 13.6. The highest BCUT2D eigenvalue weighted by molar-refractivity contribution is 5.84. The van der Waals surface area contributed by atoms with E-state index in [4.69, 9.17) is 0 Å². The van der Waals surface area contributed by atoms with E-state index in [2.05, 4.69) is 9.88 Å². The Bertz CT molecular complexity index is 1210. The fourth-order valence-corrected chi connectivity index (χ4v) is 7.59. The number of pyridine rings is 1. The molecule has 38 heavy (non-hydrogen) atoms. The van der Waals surface area contributed by atoms with Gasteiger partial charge in [0.2, 0.25) is 5.91 Å². The van der Waals surface area contributed by atoms with Crippen molar-refractivity contribution in [3.8, 4) is 0 Å². The molecule has 1 aromatic carbocycles. The van der Waals surface area contributed by atoms with Crippen LogP contribution in [0.3, 0.4) is 0 Å². The van der Waals surface area contributed by atoms with Crippen LogP contribution in [0.2, 0.25) is 0 Å². The number of alkyl halides is 4. The molecule has 3 heterocycles. The first kappa shape index (κ1) is 25.7. The molecule has 3 fully saturated rings. The molecule has 2 aromatic rings. The molecule has 1 amide bonds. The number of benzene rings is 1. The number of carbonyl (C=O) groups is 1. The number of hydrogen-bond acceptors (Lipinski definition) is 3. The quantitative estimate of drug-likeness (QED) is 0.452. The minimum absolute atomic E-state index is 0.0636. The van der Waals surface area contributed by atoms with E-state index in [9.17, 15) is 22.4 Å². The lowest BCUT2D eigenvalue weighted by atomic mass is 9.78. The Labute approximate surface area is 219 Å². The van der Waals surface area contributed by atoms with Crippen LogP contribution in [0.15, 0.2) is 36.5 Å². The number of nitrogens with zero attached hydrogens (tertiary/aromatic N) is 3. The molecule has 4 nitrogen and oxygen atoms in total. The highest BCUT2D eigenvalue weighted by Gasteiger charge is 2.57. The van der Waals surface area contributed by atoms with Crippen molar-refractivity contribution in [1.82, 2.24) is 14.8 Å². The molecule has 1 saturated heterocycles. The minimum atomic E-state index is -4.47. The van der Waals surface area contributed by atoms with Gasteiger partial charge in [0.1, 0.15) is 11.5 Å². The normalized spacial score (nSPS) is 29.2. The lowest BCUT2D eigenvalue weighted by Gasteiger charge is -2.41. The summed E-state index contributed by atoms with van der Waals surface area (Å²) in [5.74, 6) is -0.0691. The second-order valence-electron chi connectivity index (χ2n) is 11.7. The van der Waals surface area contributed by atoms with Crippen LogP contribution in [0.4, 0.5) is 22.0 Å². The lowest BCUT2D eigenvalue weighted by Crippen LogP contribution is -2.48. The Morgan fingerprint density at radius 3 is 2.50 bits per heavy atom. The standard InChI is InChI=1S/C29H32F5N3O/c30-23-5-3-20(4-6-23)28(31)9-12-36(13-10-28)24-15-21-2-1-8-27(21,16-24)26(38)37-11-7-25-19(18-37)14-22(17-35-25)29(32,33)34/h3-6,14,17,21,24H,1-2,7-13,15-16,18H2/t21-,24+,27-/m1/s1. The summed E-state index contributed by atoms with van der Waals surface area (Å²) in [6.07, 6.45) is 1.90. The van der Waals surface area contributed by atoms with Crippen molar-refractivity contribution in [1.29, 1.82) is 0 Å². The van der Waals surface area contributed by atoms with Crippen molar-refractivity contribution >= 4 is 5.91 Å². The predicted molar refractivity (Wildman–Crippen MR) is 131 cm³/mol. The van der Waals surface area contributed by atoms with E-state index in [-0.39, 0.29) is 30.2 Å². The highest BCUT2D eigenvalue weighted by Crippen LogP contribution is 2.57. The van der Waals surface area contributed by atoms with E-state index in [1.165, 1.54) is 24.3 Å². The summed E-state index contributed by atoms with van der Waals surface area (Å²) in [5, 5.41) is 0. The maximum atomic E-state index is 15.7. The maximum Gasteiger partial charge on any atom is 0.417 e. The van der Waals surface area contributed by atoms with Crippen LogP contribution in [-0.2, 0) is 29.6 Å². The zero-order chi connectivity index (χ0) is 26.7. The Hall–Kier alpha value is -2.55. The second-order valence-corrected chi connectivity index (χ2v) is 11.7. The molecule has 1 aromatic heterocycles. The average Bonchev–Trinajstić information content (AvgIpc) is 3.47. The van der Waals surface area contributed by atoms with Crippen LogP contribution >= 0.6 is 0 Å². The molecule has 2 saturated carbocycles. The summed E-state index contributed by atoms with van der Waals surface area (Å²) in [7, 11) is 0. The SMILES string of the molecule is O=C(N1CCc2ncc(C(F)(F)F)cc2C1)[C@@]12CCC[C@@H]1C[C@H](N1CCC(F)(c3ccc(F)cc3)CC1)C2. The van der Waals surface area contributed by atoms with Crippen molar-refractivity contribution < 1.29 is 26.7 Å². The molecule has 0 spiro atoms. The minimum Gasteiger partial charge on any atom is -0.337 e. The van der Waals surface area contributed by atoms with Gasteiger partial charge in [-0.1, -0.05) is 18.6 Å². The van der Waals surface area contributed by atoms with Crippen molar-refractivity contribution in [2.45, 2.75) is 75.8 Å². The molecule has 9 heteroatoms. The van der Waals surface area contributed by atoms with Gasteiger partial charge in [0.25, 0.3) is 0 Å². The number of rotatable bonds is 3. The fraction of sp³-hybridized carbons (Fsp3) is 0.586. The number of halogens is 5. The zero-order valence-electron chi connectivity index (χ0n) is 21.2. The van der Waals surface area contributed by atoms with E-state index in [0.29, 0.717) is 55.7 Å². The number of hydrogen-bond donors (Lipinski definition) is 0. The molecule has 0 radical (unpaired) electrons. The van der Waals surface area contributed by atoms with Gasteiger partial charge in [0, 0.05) is 50.5 Å². The van der Waals surface area contributed by atoms with Crippen molar-refractivity contribution in [2.75, 3.05) is 19.6 Å². The smallest absolute Gasteiger partial charge is 0.337 e. The third-order valence-corrected chi connectivity index (χ3v) is 9.66. The number of amides is 1. The second kappa shape index (κ2) is 9.28. The summed E-state index contributed by atoms with van der Waals surface area (Å²) in [5.41, 5.74) is -1.11. The third kappa shape index (κ3) is 4.40. The fourth-order valence-electron chi connectivity index (χ4n) is 7.59. The maximum absolute atomic E-state index is 15.7. The van der Waals surface area contributed by atoms with Crippen LogP contribution in [0.5, 0.6) is 0 Å². The third-order valence-electron chi connectivity index (χ3n) is 9.66. The summed E-state index contributed by atoms with van der Waals surface area (Å²) in [6.45, 7) is 1.79. The zero-order valence-corrected chi connectivity index (χ0v) is 21.2. The summed E-state index contributed by atoms with van der Waals surface area (Å²) >= 11 is 0. The summed E-state index contributed by atoms with van der Waals surface area (Å²) < 4.78 is 68.8. The molecular weight excluding hydrogens is 501 g/mol. The van der Waals surface area contributed by atoms with Gasteiger partial charge in [-0.2, -0.15) is 13.2 Å². The molecule has 2 aliphatic carbocycles. The topological polar surface area (TPSA) is 36.4 Å². The largest absolute Gasteiger partial charge is 0.417 e. The molecule has 4 aliphatic rings. The molecule has 0 N–H and O–H groups in total. The van der Waals surface area contributed by atoms with Gasteiger partial charge in [-0.25, -0.2) is 8.78 Å². The predicted octanol–water partition coefficient (Wildman–Crippen LogP) is 6.03. The Balaban J connectivity index is 1.15. The van der Waals surface area contributed by atoms with Crippen molar-refractivity contribution in [3.05, 3.63) is 64.7 Å². The van der Waals surface area contributed by atoms with Gasteiger partial charge < -0.3 is 9.80 Å².